The van der Waals surface area contributed by atoms with Crippen LogP contribution in [0.1, 0.15) is 32.6 Å². The molecule has 0 amide bonds. The highest BCUT2D eigenvalue weighted by Crippen LogP contribution is 2.26. The number of carbonyl (C=O) groups is 2. The van der Waals surface area contributed by atoms with Crippen molar-refractivity contribution in [1.82, 2.24) is 0 Å². The fourth-order valence-electron chi connectivity index (χ4n) is 1.21. The Balaban J connectivity index is 2.58. The lowest BCUT2D eigenvalue weighted by atomic mass is 9.95. The Morgan fingerprint density at radius 3 is 2.67 bits per heavy atom. The topological polar surface area (TPSA) is 63.6 Å². The van der Waals surface area contributed by atoms with Gasteiger partial charge in [-0.2, -0.15) is 0 Å². The van der Waals surface area contributed by atoms with Crippen molar-refractivity contribution in [2.45, 2.75) is 38.2 Å². The molecule has 1 unspecified atom stereocenters. The Morgan fingerprint density at radius 1 is 1.58 bits per heavy atom. The molecule has 0 bridgehead atoms. The molecule has 68 valence electrons. The summed E-state index contributed by atoms with van der Waals surface area (Å²) in [6.07, 6.45) is 1.72. The zero-order valence-corrected chi connectivity index (χ0v) is 7.00. The van der Waals surface area contributed by atoms with Gasteiger partial charge in [0.1, 0.15) is 0 Å². The number of aliphatic hydroxyl groups is 1. The van der Waals surface area contributed by atoms with Gasteiger partial charge in [-0.05, 0) is 6.42 Å². The van der Waals surface area contributed by atoms with Gasteiger partial charge >= 0.3 is 11.9 Å². The summed E-state index contributed by atoms with van der Waals surface area (Å²) in [6.45, 7) is 1.95. The minimum Gasteiger partial charge on any atom is -0.391 e. The first-order chi connectivity index (χ1) is 5.58. The van der Waals surface area contributed by atoms with E-state index in [9.17, 15) is 14.7 Å². The lowest BCUT2D eigenvalue weighted by Crippen LogP contribution is -2.33. The zero-order valence-electron chi connectivity index (χ0n) is 7.00. The Hall–Kier alpha value is -0.900. The zero-order chi connectivity index (χ0) is 9.19. The van der Waals surface area contributed by atoms with Crippen molar-refractivity contribution in [2.24, 2.45) is 0 Å². The first kappa shape index (κ1) is 9.19. The summed E-state index contributed by atoms with van der Waals surface area (Å²) in [4.78, 5) is 21.5. The minimum absolute atomic E-state index is 0.189. The van der Waals surface area contributed by atoms with Crippen molar-refractivity contribution in [1.29, 1.82) is 0 Å². The summed E-state index contributed by atoms with van der Waals surface area (Å²) in [5, 5.41) is 9.57. The van der Waals surface area contributed by atoms with E-state index in [0.717, 1.165) is 12.8 Å². The molecule has 0 aromatic heterocycles. The molecule has 4 nitrogen and oxygen atoms in total. The van der Waals surface area contributed by atoms with E-state index < -0.39 is 17.5 Å². The van der Waals surface area contributed by atoms with E-state index in [1.165, 1.54) is 0 Å². The molecule has 4 heteroatoms. The molecule has 0 radical (unpaired) electrons. The van der Waals surface area contributed by atoms with Crippen LogP contribution in [0.15, 0.2) is 0 Å². The van der Waals surface area contributed by atoms with Gasteiger partial charge in [-0.1, -0.05) is 19.8 Å². The lowest BCUT2D eigenvalue weighted by molar-refractivity contribution is -0.159. The molecule has 1 fully saturated rings. The van der Waals surface area contributed by atoms with Crippen molar-refractivity contribution >= 4 is 11.9 Å². The van der Waals surface area contributed by atoms with E-state index >= 15 is 0 Å². The normalized spacial score (nSPS) is 29.2. The Kier molecular flexibility index (Phi) is 2.47. The first-order valence-corrected chi connectivity index (χ1v) is 4.06. The second kappa shape index (κ2) is 3.23. The lowest BCUT2D eigenvalue weighted by Gasteiger charge is -2.14. The van der Waals surface area contributed by atoms with Crippen molar-refractivity contribution in [3.05, 3.63) is 0 Å². The maximum Gasteiger partial charge on any atom is 0.346 e. The number of hydrogen-bond donors (Lipinski definition) is 1. The summed E-state index contributed by atoms with van der Waals surface area (Å²) in [5.41, 5.74) is -1.53. The number of esters is 2. The molecule has 0 aromatic rings. The second-order valence-corrected chi connectivity index (χ2v) is 3.07. The van der Waals surface area contributed by atoms with Crippen LogP contribution in [0.4, 0.5) is 0 Å². The van der Waals surface area contributed by atoms with E-state index in [0.29, 0.717) is 6.42 Å². The van der Waals surface area contributed by atoms with Crippen molar-refractivity contribution in [3.8, 4) is 0 Å². The number of ether oxygens (including phenoxy) is 1. The van der Waals surface area contributed by atoms with Crippen LogP contribution in [-0.2, 0) is 14.3 Å². The molecular formula is C8H12O4. The number of unbranched alkanes of at least 4 members (excludes halogenated alkanes) is 1. The molecule has 1 saturated heterocycles. The van der Waals surface area contributed by atoms with Gasteiger partial charge in [0.25, 0.3) is 0 Å². The molecule has 0 saturated carbocycles. The maximum absolute atomic E-state index is 10.9. The van der Waals surface area contributed by atoms with Crippen LogP contribution in [0.3, 0.4) is 0 Å². The SMILES string of the molecule is CCCCC1(O)CC(=O)OC1=O. The molecule has 0 spiro atoms. The van der Waals surface area contributed by atoms with E-state index in [-0.39, 0.29) is 6.42 Å². The fourth-order valence-corrected chi connectivity index (χ4v) is 1.21. The fraction of sp³-hybridized carbons (Fsp3) is 0.750. The van der Waals surface area contributed by atoms with E-state index in [2.05, 4.69) is 4.74 Å². The molecular weight excluding hydrogens is 160 g/mol. The Bertz CT molecular complexity index is 211. The van der Waals surface area contributed by atoms with Gasteiger partial charge in [-0.3, -0.25) is 4.79 Å². The molecule has 1 rings (SSSR count). The first-order valence-electron chi connectivity index (χ1n) is 4.06. The standard InChI is InChI=1S/C8H12O4/c1-2-3-4-8(11)5-6(9)12-7(8)10/h11H,2-5H2,1H3. The molecule has 1 N–H and O–H groups in total. The number of cyclic esters (lactones) is 2. The molecule has 0 aliphatic carbocycles. The monoisotopic (exact) mass is 172 g/mol. The van der Waals surface area contributed by atoms with Crippen molar-refractivity contribution < 1.29 is 19.4 Å². The van der Waals surface area contributed by atoms with Crippen LogP contribution in [0.5, 0.6) is 0 Å². The van der Waals surface area contributed by atoms with Gasteiger partial charge in [0, 0.05) is 0 Å². The molecule has 1 atom stereocenters. The molecule has 12 heavy (non-hydrogen) atoms. The van der Waals surface area contributed by atoms with Gasteiger partial charge in [-0.25, -0.2) is 4.79 Å². The van der Waals surface area contributed by atoms with Gasteiger partial charge in [0.2, 0.25) is 0 Å². The number of hydrogen-bond acceptors (Lipinski definition) is 4. The van der Waals surface area contributed by atoms with Crippen LogP contribution in [0.2, 0.25) is 0 Å². The average Bonchev–Trinajstić information content (AvgIpc) is 2.23. The largest absolute Gasteiger partial charge is 0.391 e. The highest BCUT2D eigenvalue weighted by atomic mass is 16.6. The predicted molar refractivity (Wildman–Crippen MR) is 40.2 cm³/mol. The van der Waals surface area contributed by atoms with Crippen LogP contribution < -0.4 is 0 Å². The smallest absolute Gasteiger partial charge is 0.346 e. The minimum atomic E-state index is -1.53. The average molecular weight is 172 g/mol. The quantitative estimate of drug-likeness (QED) is 0.493. The third-order valence-corrected chi connectivity index (χ3v) is 1.97. The van der Waals surface area contributed by atoms with E-state index in [4.69, 9.17) is 0 Å². The Morgan fingerprint density at radius 2 is 2.25 bits per heavy atom. The number of rotatable bonds is 3. The van der Waals surface area contributed by atoms with Gasteiger partial charge in [0.05, 0.1) is 6.42 Å². The summed E-state index contributed by atoms with van der Waals surface area (Å²) < 4.78 is 4.25. The summed E-state index contributed by atoms with van der Waals surface area (Å²) in [5.74, 6) is -1.42. The summed E-state index contributed by atoms with van der Waals surface area (Å²) >= 11 is 0. The maximum atomic E-state index is 10.9. The summed E-state index contributed by atoms with van der Waals surface area (Å²) in [7, 11) is 0. The van der Waals surface area contributed by atoms with E-state index in [1.54, 1.807) is 0 Å². The van der Waals surface area contributed by atoms with Crippen LogP contribution in [0, 0.1) is 0 Å². The van der Waals surface area contributed by atoms with Gasteiger partial charge < -0.3 is 9.84 Å². The predicted octanol–water partition coefficient (Wildman–Crippen LogP) is 0.381. The van der Waals surface area contributed by atoms with Gasteiger partial charge in [0.15, 0.2) is 5.60 Å². The molecule has 1 aliphatic heterocycles. The highest BCUT2D eigenvalue weighted by Gasteiger charge is 2.46. The molecule has 0 aromatic carbocycles. The molecule has 1 aliphatic rings. The van der Waals surface area contributed by atoms with Crippen LogP contribution in [0.25, 0.3) is 0 Å². The van der Waals surface area contributed by atoms with Gasteiger partial charge in [-0.15, -0.1) is 0 Å². The van der Waals surface area contributed by atoms with Crippen molar-refractivity contribution in [2.75, 3.05) is 0 Å². The van der Waals surface area contributed by atoms with Crippen molar-refractivity contribution in [3.63, 3.8) is 0 Å². The second-order valence-electron chi connectivity index (χ2n) is 3.07. The van der Waals surface area contributed by atoms with E-state index in [1.807, 2.05) is 6.92 Å². The highest BCUT2D eigenvalue weighted by molar-refractivity contribution is 5.99. The third kappa shape index (κ3) is 1.64. The van der Waals surface area contributed by atoms with Crippen LogP contribution >= 0.6 is 0 Å². The van der Waals surface area contributed by atoms with Crippen LogP contribution in [-0.4, -0.2) is 22.6 Å². The Labute approximate surface area is 70.5 Å². The number of carbonyl (C=O) groups excluding carboxylic acids is 2. The molecule has 1 heterocycles. The third-order valence-electron chi connectivity index (χ3n) is 1.97. The summed E-state index contributed by atoms with van der Waals surface area (Å²) in [6, 6.07) is 0.